The molecule has 0 atom stereocenters. The van der Waals surface area contributed by atoms with E-state index >= 15 is 0 Å². The maximum atomic E-state index is 3.32. The molecule has 0 unspecified atom stereocenters. The molecule has 0 radical (unpaired) electrons. The van der Waals surface area contributed by atoms with E-state index in [0.29, 0.717) is 0 Å². The highest BCUT2D eigenvalue weighted by Gasteiger charge is 1.66. The predicted molar refractivity (Wildman–Crippen MR) is 345 cm³/mol. The minimum Gasteiger partial charge on any atom is -0.284 e. The Morgan fingerprint density at radius 3 is 0.205 bits per heavy atom. The Labute approximate surface area is 519 Å². The molecule has 0 aliphatic carbocycles. The van der Waals surface area contributed by atoms with Crippen molar-refractivity contribution in [1.29, 1.82) is 0 Å². The Balaban J connectivity index is 4.62. The largest absolute Gasteiger partial charge is 0.284 e. The first-order valence-corrected chi connectivity index (χ1v) is 22.1. The molecule has 88 heavy (non-hydrogen) atoms. The summed E-state index contributed by atoms with van der Waals surface area (Å²) in [6, 6.07) is 0. The normalized spacial score (nSPS) is 3.97. The molecular formula is C88H5-. The van der Waals surface area contributed by atoms with Gasteiger partial charge in [-0.25, -0.2) is 5.92 Å². The van der Waals surface area contributed by atoms with E-state index in [9.17, 15) is 0 Å². The van der Waals surface area contributed by atoms with Crippen LogP contribution in [0.5, 0.6) is 0 Å². The molecule has 0 saturated heterocycles. The van der Waals surface area contributed by atoms with E-state index in [1.807, 2.05) is 0 Å². The lowest BCUT2D eigenvalue weighted by Crippen LogP contribution is -1.57. The van der Waals surface area contributed by atoms with Crippen LogP contribution in [-0.2, 0) is 0 Å². The fraction of sp³-hybridized carbons (Fsp3) is 0.0114. The highest BCUT2D eigenvalue weighted by molar-refractivity contribution is 5.54. The van der Waals surface area contributed by atoms with Crippen LogP contribution in [0, 0.1) is 516 Å². The standard InChI is InChI=1S/C88H5/c1-3-5-7-9-11-13-15-17-19-21-23-25-27-29-31-33-35-37-39-41-43-45-47-49-51-53-55-57-59-61-63-65-67-69-71-73-75-77-79-81-83-85-87-88-86-84-82-80-78-76-74-72-70-68-66-64-62-60-58-56-54-52-50-48-46-44-42-40-38-36-34-32-30-28-26-24-22-20-18-16-14-12-10-8-6-4-2/h1H2,2H3/q-1. The third-order valence-electron chi connectivity index (χ3n) is 5.40. The summed E-state index contributed by atoms with van der Waals surface area (Å²) in [4.78, 5) is 0. The van der Waals surface area contributed by atoms with E-state index in [-0.39, 0.29) is 0 Å². The Morgan fingerprint density at radius 2 is 0.148 bits per heavy atom. The number of rotatable bonds is 0. The zero-order chi connectivity index (χ0) is 62.8. The van der Waals surface area contributed by atoms with Gasteiger partial charge in [0.2, 0.25) is 0 Å². The van der Waals surface area contributed by atoms with Gasteiger partial charge in [-0.05, 0) is 102 Å². The van der Waals surface area contributed by atoms with Crippen molar-refractivity contribution >= 4 is 0 Å². The summed E-state index contributed by atoms with van der Waals surface area (Å²) in [6.45, 7) is 5.00. The molecule has 0 aliphatic heterocycles. The van der Waals surface area contributed by atoms with Crippen molar-refractivity contribution < 1.29 is 0 Å². The molecule has 0 heterocycles. The smallest absolute Gasteiger partial charge is 0 e. The molecule has 0 aliphatic rings. The Kier molecular flexibility index (Phi) is 53.2. The van der Waals surface area contributed by atoms with E-state index < -0.39 is 0 Å². The van der Waals surface area contributed by atoms with Crippen molar-refractivity contribution in [1.82, 2.24) is 0 Å². The molecular weight excluding hydrogens is 1060 g/mol. The van der Waals surface area contributed by atoms with Gasteiger partial charge in [-0.1, -0.05) is 5.92 Å². The Hall–Kier alpha value is -19.1. The van der Waals surface area contributed by atoms with Gasteiger partial charge < -0.3 is 0 Å². The number of hydrogen-bond acceptors (Lipinski definition) is 0. The molecule has 0 nitrogen and oxygen atoms in total. The minimum absolute atomic E-state index is 1.68. The molecule has 0 heteroatoms. The van der Waals surface area contributed by atoms with Crippen LogP contribution in [0.4, 0.5) is 0 Å². The van der Waals surface area contributed by atoms with Gasteiger partial charge in [0.1, 0.15) is 0 Å². The van der Waals surface area contributed by atoms with Gasteiger partial charge in [-0.15, -0.1) is 5.92 Å². The Morgan fingerprint density at radius 1 is 0.0909 bits per heavy atom. The van der Waals surface area contributed by atoms with Crippen LogP contribution in [-0.4, -0.2) is 0 Å². The second-order valence-electron chi connectivity index (χ2n) is 10.9. The zero-order valence-electron chi connectivity index (χ0n) is 44.7. The number of hydrogen-bond donors (Lipinski definition) is 0. The molecule has 0 fully saturated rings. The highest BCUT2D eigenvalue weighted by Crippen LogP contribution is 1.66. The second-order valence-corrected chi connectivity index (χ2v) is 10.9. The Bertz CT molecular complexity index is 5660. The molecule has 0 saturated carbocycles. The molecule has 358 valence electrons. The lowest BCUT2D eigenvalue weighted by molar-refractivity contribution is 1.92. The second kappa shape index (κ2) is 67.9. The molecule has 0 N–H and O–H groups in total. The fourth-order valence-electron chi connectivity index (χ4n) is 2.67. The fourth-order valence-corrected chi connectivity index (χ4v) is 2.67. The van der Waals surface area contributed by atoms with Crippen LogP contribution >= 0.6 is 0 Å². The lowest BCUT2D eigenvalue weighted by Gasteiger charge is -1.64. The summed E-state index contributed by atoms with van der Waals surface area (Å²) in [5.74, 6) is 215. The van der Waals surface area contributed by atoms with Gasteiger partial charge in [0.15, 0.2) is 0 Å². The van der Waals surface area contributed by atoms with E-state index in [0.717, 1.165) is 0 Å². The maximum absolute atomic E-state index is 3.32. The van der Waals surface area contributed by atoms with Gasteiger partial charge in [0, 0.05) is 391 Å². The molecule has 0 bridgehead atoms. The first kappa shape index (κ1) is 68.9. The topological polar surface area (TPSA) is 0 Å². The van der Waals surface area contributed by atoms with Crippen LogP contribution in [0.2, 0.25) is 0 Å². The van der Waals surface area contributed by atoms with Gasteiger partial charge in [0.25, 0.3) is 0 Å². The van der Waals surface area contributed by atoms with E-state index in [1.54, 1.807) is 6.92 Å². The van der Waals surface area contributed by atoms with Crippen molar-refractivity contribution in [2.24, 2.45) is 0 Å². The summed E-state index contributed by atoms with van der Waals surface area (Å²) in [7, 11) is 0. The first-order chi connectivity index (χ1) is 43.9. The minimum atomic E-state index is 1.68. The van der Waals surface area contributed by atoms with Gasteiger partial charge in [-0.2, -0.15) is 6.92 Å². The molecule has 0 aromatic carbocycles. The summed E-state index contributed by atoms with van der Waals surface area (Å²) < 4.78 is 0. The average Bonchev–Trinajstić information content (AvgIpc) is 3.54. The van der Waals surface area contributed by atoms with Crippen molar-refractivity contribution in [2.75, 3.05) is 0 Å². The summed E-state index contributed by atoms with van der Waals surface area (Å²) >= 11 is 0. The molecule has 0 aromatic heterocycles. The quantitative estimate of drug-likeness (QED) is 0.251. The van der Waals surface area contributed by atoms with Gasteiger partial charge in [-0.3, -0.25) is 5.92 Å². The van der Waals surface area contributed by atoms with Crippen LogP contribution < -0.4 is 0 Å². The highest BCUT2D eigenvalue weighted by atomic mass is 13.7. The first-order valence-electron chi connectivity index (χ1n) is 22.1. The van der Waals surface area contributed by atoms with E-state index in [1.165, 1.54) is 0 Å². The van der Waals surface area contributed by atoms with E-state index in [2.05, 4.69) is 516 Å². The van der Waals surface area contributed by atoms with Crippen LogP contribution in [0.15, 0.2) is 0 Å². The molecule has 0 amide bonds. The molecule has 0 spiro atoms. The van der Waals surface area contributed by atoms with E-state index in [4.69, 9.17) is 0 Å². The van der Waals surface area contributed by atoms with Gasteiger partial charge in [0.05, 0.1) is 0 Å². The average molecular weight is 1060 g/mol. The third-order valence-corrected chi connectivity index (χ3v) is 5.40. The van der Waals surface area contributed by atoms with Crippen molar-refractivity contribution in [3.8, 4) is 509 Å². The zero-order valence-corrected chi connectivity index (χ0v) is 44.7. The van der Waals surface area contributed by atoms with Crippen molar-refractivity contribution in [3.63, 3.8) is 0 Å². The summed E-state index contributed by atoms with van der Waals surface area (Å²) in [5, 5.41) is 0. The SMILES string of the molecule is [CH2-]C#CC#CC#CC#CC#CC#CC#CC#CC#CC#CC#CC#CC#CC#CC#CC#CC#CC#CC#CC#CC#CC#CC#CC#CC#CC#CC#CC#CC#CC#CC#CC#CC#CC#CC#CC#CC#CC#CC#CC#CC#CC#CC#CC. The van der Waals surface area contributed by atoms with Gasteiger partial charge >= 0.3 is 0 Å². The predicted octanol–water partition coefficient (Wildman–Crippen LogP) is 0.987. The van der Waals surface area contributed by atoms with Crippen molar-refractivity contribution in [3.05, 3.63) is 6.92 Å². The van der Waals surface area contributed by atoms with Crippen LogP contribution in [0.1, 0.15) is 6.92 Å². The molecule has 0 rings (SSSR count). The van der Waals surface area contributed by atoms with Crippen LogP contribution in [0.25, 0.3) is 0 Å². The van der Waals surface area contributed by atoms with Crippen LogP contribution in [0.3, 0.4) is 0 Å². The van der Waals surface area contributed by atoms with Crippen molar-refractivity contribution in [2.45, 2.75) is 6.92 Å². The monoisotopic (exact) mass is 1060 g/mol. The third kappa shape index (κ3) is 66.9. The summed E-state index contributed by atoms with van der Waals surface area (Å²) in [6.07, 6.45) is 0. The lowest BCUT2D eigenvalue weighted by atomic mass is 10.4. The maximum Gasteiger partial charge on any atom is 0 e. The summed E-state index contributed by atoms with van der Waals surface area (Å²) in [5.41, 5.74) is 0. The molecule has 0 aromatic rings.